The second-order valence-electron chi connectivity index (χ2n) is 4.24. The molecule has 0 aliphatic rings. The highest BCUT2D eigenvalue weighted by Crippen LogP contribution is 2.26. The van der Waals surface area contributed by atoms with Crippen LogP contribution in [0, 0.1) is 5.82 Å². The van der Waals surface area contributed by atoms with Crippen LogP contribution in [-0.2, 0) is 6.54 Å². The zero-order valence-electron chi connectivity index (χ0n) is 10.6. The third kappa shape index (κ3) is 3.02. The Hall–Kier alpha value is -1.24. The zero-order valence-corrected chi connectivity index (χ0v) is 12.2. The second-order valence-corrected chi connectivity index (χ2v) is 5.16. The number of nitrogens with one attached hydrogen (secondary N) is 1. The molecule has 0 radical (unpaired) electrons. The van der Waals surface area contributed by atoms with Gasteiger partial charge in [-0.1, -0.05) is 22.9 Å². The summed E-state index contributed by atoms with van der Waals surface area (Å²) in [6.45, 7) is 2.84. The quantitative estimate of drug-likeness (QED) is 0.656. The minimum atomic E-state index is -0.424. The number of benzene rings is 1. The number of nitrogens with two attached hydrogens (primary N) is 1. The second kappa shape index (κ2) is 6.27. The maximum atomic E-state index is 14.0. The van der Waals surface area contributed by atoms with Crippen molar-refractivity contribution in [3.05, 3.63) is 52.0 Å². The topological polar surface area (TPSA) is 55.9 Å². The van der Waals surface area contributed by atoms with Crippen molar-refractivity contribution in [2.45, 2.75) is 25.9 Å². The summed E-state index contributed by atoms with van der Waals surface area (Å²) < 4.78 is 16.6. The van der Waals surface area contributed by atoms with E-state index in [-0.39, 0.29) is 5.82 Å². The highest BCUT2D eigenvalue weighted by molar-refractivity contribution is 9.10. The summed E-state index contributed by atoms with van der Waals surface area (Å²) in [7, 11) is 0. The van der Waals surface area contributed by atoms with E-state index in [1.54, 1.807) is 18.3 Å². The lowest BCUT2D eigenvalue weighted by Gasteiger charge is -2.19. The number of hydrazine groups is 1. The monoisotopic (exact) mass is 326 g/mol. The number of nitrogens with zero attached hydrogens (tertiary/aromatic N) is 2. The third-order valence-electron chi connectivity index (χ3n) is 2.92. The first-order valence-corrected chi connectivity index (χ1v) is 6.89. The van der Waals surface area contributed by atoms with Gasteiger partial charge in [-0.25, -0.2) is 9.82 Å². The molecule has 2 rings (SSSR count). The summed E-state index contributed by atoms with van der Waals surface area (Å²) >= 11 is 3.35. The Labute approximate surface area is 119 Å². The molecular weight excluding hydrogens is 311 g/mol. The first-order chi connectivity index (χ1) is 9.17. The van der Waals surface area contributed by atoms with Crippen LogP contribution in [0.3, 0.4) is 0 Å². The fourth-order valence-electron chi connectivity index (χ4n) is 2.06. The van der Waals surface area contributed by atoms with Gasteiger partial charge in [-0.2, -0.15) is 5.10 Å². The number of aromatic nitrogens is 2. The molecule has 0 bridgehead atoms. The van der Waals surface area contributed by atoms with E-state index in [1.807, 2.05) is 10.7 Å². The van der Waals surface area contributed by atoms with Crippen LogP contribution >= 0.6 is 15.9 Å². The molecule has 1 aromatic heterocycles. The van der Waals surface area contributed by atoms with Gasteiger partial charge in [-0.15, -0.1) is 0 Å². The van der Waals surface area contributed by atoms with Crippen LogP contribution in [0.25, 0.3) is 0 Å². The van der Waals surface area contributed by atoms with Crippen LogP contribution in [-0.4, -0.2) is 9.78 Å². The largest absolute Gasteiger partial charge is 0.271 e. The van der Waals surface area contributed by atoms with E-state index in [9.17, 15) is 4.39 Å². The molecular formula is C13H16BrFN4. The third-order valence-corrected chi connectivity index (χ3v) is 3.41. The molecule has 0 saturated heterocycles. The molecule has 102 valence electrons. The van der Waals surface area contributed by atoms with Gasteiger partial charge in [0.05, 0.1) is 11.7 Å². The first-order valence-electron chi connectivity index (χ1n) is 6.10. The lowest BCUT2D eigenvalue weighted by atomic mass is 10.0. The highest BCUT2D eigenvalue weighted by atomic mass is 79.9. The van der Waals surface area contributed by atoms with E-state index in [2.05, 4.69) is 33.4 Å². The standard InChI is InChI=1S/C13H16BrFN4/c1-2-7-19-12(5-6-17-19)13(18-16)10-8-9(14)3-4-11(10)15/h3-6,8,13,18H,2,7,16H2,1H3. The molecule has 0 aliphatic heterocycles. The van der Waals surface area contributed by atoms with E-state index >= 15 is 0 Å². The highest BCUT2D eigenvalue weighted by Gasteiger charge is 2.20. The van der Waals surface area contributed by atoms with Crippen molar-refractivity contribution in [1.82, 2.24) is 15.2 Å². The number of rotatable bonds is 5. The van der Waals surface area contributed by atoms with Gasteiger partial charge < -0.3 is 0 Å². The van der Waals surface area contributed by atoms with Crippen LogP contribution in [0.4, 0.5) is 4.39 Å². The molecule has 2 aromatic rings. The average Bonchev–Trinajstić information content (AvgIpc) is 2.83. The lowest BCUT2D eigenvalue weighted by Crippen LogP contribution is -2.31. The van der Waals surface area contributed by atoms with Gasteiger partial charge >= 0.3 is 0 Å². The summed E-state index contributed by atoms with van der Waals surface area (Å²) in [5.74, 6) is 5.31. The Bertz CT molecular complexity index is 555. The number of hydrogen-bond donors (Lipinski definition) is 2. The summed E-state index contributed by atoms with van der Waals surface area (Å²) in [5.41, 5.74) is 4.01. The fraction of sp³-hybridized carbons (Fsp3) is 0.308. The van der Waals surface area contributed by atoms with Crippen molar-refractivity contribution in [2.24, 2.45) is 5.84 Å². The van der Waals surface area contributed by atoms with Crippen LogP contribution in [0.15, 0.2) is 34.9 Å². The van der Waals surface area contributed by atoms with Gasteiger partial charge in [0.1, 0.15) is 5.82 Å². The zero-order chi connectivity index (χ0) is 13.8. The van der Waals surface area contributed by atoms with Gasteiger partial charge in [0.2, 0.25) is 0 Å². The van der Waals surface area contributed by atoms with Crippen LogP contribution in [0.5, 0.6) is 0 Å². The smallest absolute Gasteiger partial charge is 0.128 e. The number of hydrogen-bond acceptors (Lipinski definition) is 3. The Morgan fingerprint density at radius 3 is 2.95 bits per heavy atom. The van der Waals surface area contributed by atoms with Gasteiger partial charge in [0.25, 0.3) is 0 Å². The fourth-order valence-corrected chi connectivity index (χ4v) is 2.44. The van der Waals surface area contributed by atoms with E-state index in [0.717, 1.165) is 23.1 Å². The minimum absolute atomic E-state index is 0.296. The molecule has 0 amide bonds. The molecule has 0 spiro atoms. The van der Waals surface area contributed by atoms with Crippen molar-refractivity contribution in [3.8, 4) is 0 Å². The lowest BCUT2D eigenvalue weighted by molar-refractivity contribution is 0.502. The van der Waals surface area contributed by atoms with E-state index < -0.39 is 6.04 Å². The predicted molar refractivity (Wildman–Crippen MR) is 75.8 cm³/mol. The molecule has 1 unspecified atom stereocenters. The van der Waals surface area contributed by atoms with E-state index in [1.165, 1.54) is 6.07 Å². The van der Waals surface area contributed by atoms with Crippen molar-refractivity contribution in [1.29, 1.82) is 0 Å². The molecule has 4 nitrogen and oxygen atoms in total. The van der Waals surface area contributed by atoms with Crippen molar-refractivity contribution >= 4 is 15.9 Å². The van der Waals surface area contributed by atoms with Crippen LogP contribution < -0.4 is 11.3 Å². The molecule has 3 N–H and O–H groups in total. The Morgan fingerprint density at radius 1 is 1.47 bits per heavy atom. The average molecular weight is 327 g/mol. The Morgan fingerprint density at radius 2 is 2.26 bits per heavy atom. The molecule has 0 saturated carbocycles. The minimum Gasteiger partial charge on any atom is -0.271 e. The molecule has 1 aromatic carbocycles. The SMILES string of the molecule is CCCn1nccc1C(NN)c1cc(Br)ccc1F. The molecule has 0 aliphatic carbocycles. The summed E-state index contributed by atoms with van der Waals surface area (Å²) in [6.07, 6.45) is 2.65. The summed E-state index contributed by atoms with van der Waals surface area (Å²) in [6, 6.07) is 6.23. The summed E-state index contributed by atoms with van der Waals surface area (Å²) in [5, 5.41) is 4.24. The normalized spacial score (nSPS) is 12.6. The molecule has 1 heterocycles. The van der Waals surface area contributed by atoms with Crippen LogP contribution in [0.2, 0.25) is 0 Å². The van der Waals surface area contributed by atoms with Gasteiger partial charge in [0, 0.05) is 22.8 Å². The van der Waals surface area contributed by atoms with Crippen LogP contribution in [0.1, 0.15) is 30.6 Å². The maximum Gasteiger partial charge on any atom is 0.128 e. The summed E-state index contributed by atoms with van der Waals surface area (Å²) in [4.78, 5) is 0. The predicted octanol–water partition coefficient (Wildman–Crippen LogP) is 2.75. The Kier molecular flexibility index (Phi) is 4.68. The van der Waals surface area contributed by atoms with E-state index in [0.29, 0.717) is 5.56 Å². The van der Waals surface area contributed by atoms with Crippen molar-refractivity contribution in [3.63, 3.8) is 0 Å². The maximum absolute atomic E-state index is 14.0. The first kappa shape index (κ1) is 14.2. The van der Waals surface area contributed by atoms with Gasteiger partial charge in [0.15, 0.2) is 0 Å². The molecule has 6 heteroatoms. The van der Waals surface area contributed by atoms with Gasteiger partial charge in [-0.3, -0.25) is 10.5 Å². The number of halogens is 2. The molecule has 19 heavy (non-hydrogen) atoms. The number of aryl methyl sites for hydroxylation is 1. The molecule has 1 atom stereocenters. The van der Waals surface area contributed by atoms with Crippen molar-refractivity contribution < 1.29 is 4.39 Å². The van der Waals surface area contributed by atoms with Crippen molar-refractivity contribution in [2.75, 3.05) is 0 Å². The Balaban J connectivity index is 2.44. The van der Waals surface area contributed by atoms with E-state index in [4.69, 9.17) is 5.84 Å². The molecule has 0 fully saturated rings. The van der Waals surface area contributed by atoms with Gasteiger partial charge in [-0.05, 0) is 30.7 Å².